The number of ether oxygens (including phenoxy) is 2. The molecule has 40 heavy (non-hydrogen) atoms. The van der Waals surface area contributed by atoms with Crippen LogP contribution in [0, 0.1) is 17.6 Å². The zero-order valence-corrected chi connectivity index (χ0v) is 23.1. The number of rotatable bonds is 12. The van der Waals surface area contributed by atoms with Crippen LogP contribution in [-0.4, -0.2) is 33.6 Å². The van der Waals surface area contributed by atoms with Crippen molar-refractivity contribution in [2.24, 2.45) is 5.92 Å². The van der Waals surface area contributed by atoms with E-state index in [4.69, 9.17) is 4.74 Å². The second-order valence-electron chi connectivity index (χ2n) is 9.78. The van der Waals surface area contributed by atoms with E-state index >= 15 is 0 Å². The SMILES string of the molecule is COC(=O)CCC=CC[C@@H]1[C@@H](NS(=O)(=O)c2ccc(F)cc2F)CC[C@@H]1OCc1ccc(-c2ccccc2)cc1. The summed E-state index contributed by atoms with van der Waals surface area (Å²) >= 11 is 0. The summed E-state index contributed by atoms with van der Waals surface area (Å²) in [6.07, 6.45) is 5.88. The van der Waals surface area contributed by atoms with Crippen LogP contribution in [0.5, 0.6) is 0 Å². The monoisotopic (exact) mass is 569 g/mol. The molecule has 1 aliphatic carbocycles. The molecule has 0 aliphatic heterocycles. The summed E-state index contributed by atoms with van der Waals surface area (Å²) in [7, 11) is -2.89. The van der Waals surface area contributed by atoms with E-state index in [2.05, 4.69) is 9.46 Å². The van der Waals surface area contributed by atoms with Gasteiger partial charge in [-0.05, 0) is 54.5 Å². The van der Waals surface area contributed by atoms with Crippen molar-refractivity contribution in [3.63, 3.8) is 0 Å². The maximum Gasteiger partial charge on any atom is 0.305 e. The molecule has 0 aromatic heterocycles. The van der Waals surface area contributed by atoms with Gasteiger partial charge >= 0.3 is 5.97 Å². The van der Waals surface area contributed by atoms with Crippen LogP contribution in [0.4, 0.5) is 8.78 Å². The topological polar surface area (TPSA) is 81.7 Å². The summed E-state index contributed by atoms with van der Waals surface area (Å²) in [5.41, 5.74) is 3.21. The van der Waals surface area contributed by atoms with E-state index < -0.39 is 32.6 Å². The van der Waals surface area contributed by atoms with Crippen molar-refractivity contribution >= 4 is 16.0 Å². The number of methoxy groups -OCH3 is 1. The summed E-state index contributed by atoms with van der Waals surface area (Å²) in [4.78, 5) is 10.8. The van der Waals surface area contributed by atoms with Crippen LogP contribution < -0.4 is 4.72 Å². The van der Waals surface area contributed by atoms with E-state index in [0.29, 0.717) is 38.4 Å². The van der Waals surface area contributed by atoms with Gasteiger partial charge in [-0.1, -0.05) is 66.7 Å². The van der Waals surface area contributed by atoms with Gasteiger partial charge < -0.3 is 9.47 Å². The lowest BCUT2D eigenvalue weighted by molar-refractivity contribution is -0.140. The maximum absolute atomic E-state index is 14.3. The van der Waals surface area contributed by atoms with Crippen molar-refractivity contribution in [1.29, 1.82) is 0 Å². The van der Waals surface area contributed by atoms with Gasteiger partial charge in [0.1, 0.15) is 16.5 Å². The van der Waals surface area contributed by atoms with Crippen molar-refractivity contribution in [2.75, 3.05) is 7.11 Å². The van der Waals surface area contributed by atoms with E-state index in [0.717, 1.165) is 28.8 Å². The lowest BCUT2D eigenvalue weighted by Gasteiger charge is -2.25. The van der Waals surface area contributed by atoms with E-state index in [1.54, 1.807) is 0 Å². The van der Waals surface area contributed by atoms with Crippen molar-refractivity contribution in [3.8, 4) is 11.1 Å². The smallest absolute Gasteiger partial charge is 0.305 e. The average molecular weight is 570 g/mol. The molecule has 1 N–H and O–H groups in total. The van der Waals surface area contributed by atoms with Crippen molar-refractivity contribution in [1.82, 2.24) is 4.72 Å². The number of sulfonamides is 1. The number of carbonyl (C=O) groups excluding carboxylic acids is 1. The van der Waals surface area contributed by atoms with E-state index in [-0.39, 0.29) is 24.4 Å². The predicted molar refractivity (Wildman–Crippen MR) is 149 cm³/mol. The molecule has 1 saturated carbocycles. The first kappa shape index (κ1) is 29.6. The molecule has 0 unspecified atom stereocenters. The molecule has 0 spiro atoms. The zero-order chi connectivity index (χ0) is 28.5. The summed E-state index contributed by atoms with van der Waals surface area (Å²) in [6, 6.07) is 20.0. The quantitative estimate of drug-likeness (QED) is 0.208. The Hall–Kier alpha value is -3.40. The van der Waals surface area contributed by atoms with Gasteiger partial charge in [0.15, 0.2) is 0 Å². The zero-order valence-electron chi connectivity index (χ0n) is 22.3. The van der Waals surface area contributed by atoms with Crippen LogP contribution in [0.2, 0.25) is 0 Å². The Morgan fingerprint density at radius 1 is 0.975 bits per heavy atom. The molecule has 0 radical (unpaired) electrons. The molecule has 0 amide bonds. The third-order valence-electron chi connectivity index (χ3n) is 7.09. The minimum absolute atomic E-state index is 0.226. The summed E-state index contributed by atoms with van der Waals surface area (Å²) in [5.74, 6) is -2.53. The Morgan fingerprint density at radius 2 is 1.70 bits per heavy atom. The Labute approximate surface area is 234 Å². The number of benzene rings is 3. The molecule has 3 atom stereocenters. The van der Waals surface area contributed by atoms with Gasteiger partial charge in [0.05, 0.1) is 19.8 Å². The van der Waals surface area contributed by atoms with E-state index in [1.165, 1.54) is 7.11 Å². The largest absolute Gasteiger partial charge is 0.469 e. The highest BCUT2D eigenvalue weighted by Gasteiger charge is 2.39. The van der Waals surface area contributed by atoms with Crippen molar-refractivity contribution < 1.29 is 31.5 Å². The molecule has 4 rings (SSSR count). The first-order chi connectivity index (χ1) is 19.3. The van der Waals surface area contributed by atoms with Crippen molar-refractivity contribution in [2.45, 2.75) is 55.8 Å². The number of nitrogens with one attached hydrogen (secondary N) is 1. The van der Waals surface area contributed by atoms with Gasteiger partial charge in [-0.2, -0.15) is 0 Å². The maximum atomic E-state index is 14.3. The Bertz CT molecular complexity index is 1410. The van der Waals surface area contributed by atoms with Crippen LogP contribution in [0.1, 0.15) is 37.7 Å². The number of hydrogen-bond acceptors (Lipinski definition) is 5. The Balaban J connectivity index is 1.44. The minimum atomic E-state index is -4.23. The lowest BCUT2D eigenvalue weighted by Crippen LogP contribution is -2.40. The Morgan fingerprint density at radius 3 is 2.40 bits per heavy atom. The Kier molecular flexibility index (Phi) is 10.2. The van der Waals surface area contributed by atoms with Crippen LogP contribution in [0.3, 0.4) is 0 Å². The fourth-order valence-corrected chi connectivity index (χ4v) is 6.34. The lowest BCUT2D eigenvalue weighted by atomic mass is 9.97. The molecular formula is C31H33F2NO5S. The molecule has 3 aromatic rings. The fraction of sp³-hybridized carbons (Fsp3) is 0.323. The first-order valence-electron chi connectivity index (χ1n) is 13.2. The standard InChI is InChI=1S/C31H33F2NO5S/c1-38-31(35)11-7-3-6-10-26-28(34-40(36,37)30-19-16-25(32)20-27(30)33)17-18-29(26)39-21-22-12-14-24(15-13-22)23-8-4-2-5-9-23/h2-6,8-9,12-16,19-20,26,28-29,34H,7,10-11,17-18,21H2,1H3/t26-,28+,29+/m1/s1. The number of halogens is 2. The van der Waals surface area contributed by atoms with Gasteiger partial charge in [-0.3, -0.25) is 4.79 Å². The van der Waals surface area contributed by atoms with E-state index in [9.17, 15) is 22.0 Å². The molecule has 0 heterocycles. The summed E-state index contributed by atoms with van der Waals surface area (Å²) in [6.45, 7) is 0.356. The summed E-state index contributed by atoms with van der Waals surface area (Å²) < 4.78 is 67.2. The van der Waals surface area contributed by atoms with Crippen molar-refractivity contribution in [3.05, 3.63) is 102 Å². The van der Waals surface area contributed by atoms with Crippen LogP contribution in [0.15, 0.2) is 89.8 Å². The fourth-order valence-electron chi connectivity index (χ4n) is 4.96. The van der Waals surface area contributed by atoms with Gasteiger partial charge in [0.25, 0.3) is 0 Å². The third kappa shape index (κ3) is 7.84. The highest BCUT2D eigenvalue weighted by Crippen LogP contribution is 2.34. The molecule has 6 nitrogen and oxygen atoms in total. The molecule has 1 aliphatic rings. The molecule has 1 fully saturated rings. The first-order valence-corrected chi connectivity index (χ1v) is 14.7. The average Bonchev–Trinajstić information content (AvgIpc) is 3.32. The second kappa shape index (κ2) is 13.8. The van der Waals surface area contributed by atoms with Crippen LogP contribution >= 0.6 is 0 Å². The normalized spacial score (nSPS) is 19.2. The molecule has 212 valence electrons. The highest BCUT2D eigenvalue weighted by molar-refractivity contribution is 7.89. The van der Waals surface area contributed by atoms with Gasteiger partial charge in [0, 0.05) is 24.4 Å². The number of carbonyl (C=O) groups is 1. The third-order valence-corrected chi connectivity index (χ3v) is 8.61. The van der Waals surface area contributed by atoms with E-state index in [1.807, 2.05) is 66.7 Å². The highest BCUT2D eigenvalue weighted by atomic mass is 32.2. The molecule has 0 saturated heterocycles. The molecule has 9 heteroatoms. The summed E-state index contributed by atoms with van der Waals surface area (Å²) in [5, 5.41) is 0. The van der Waals surface area contributed by atoms with Gasteiger partial charge in [0.2, 0.25) is 10.0 Å². The molecular weight excluding hydrogens is 536 g/mol. The number of esters is 1. The number of hydrogen-bond donors (Lipinski definition) is 1. The van der Waals surface area contributed by atoms with Crippen LogP contribution in [0.25, 0.3) is 11.1 Å². The van der Waals surface area contributed by atoms with Gasteiger partial charge in [-0.25, -0.2) is 21.9 Å². The molecule has 3 aromatic carbocycles. The number of allylic oxidation sites excluding steroid dienone is 2. The van der Waals surface area contributed by atoms with Gasteiger partial charge in [-0.15, -0.1) is 0 Å². The predicted octanol–water partition coefficient (Wildman–Crippen LogP) is 6.17. The minimum Gasteiger partial charge on any atom is -0.469 e. The second-order valence-corrected chi connectivity index (χ2v) is 11.5. The van der Waals surface area contributed by atoms with Crippen LogP contribution in [-0.2, 0) is 30.9 Å². The molecule has 0 bridgehead atoms.